The van der Waals surface area contributed by atoms with Crippen LogP contribution in [0.25, 0.3) is 0 Å². The zero-order chi connectivity index (χ0) is 14.6. The van der Waals surface area contributed by atoms with E-state index in [2.05, 4.69) is 17.5 Å². The molecule has 0 fully saturated rings. The van der Waals surface area contributed by atoms with Gasteiger partial charge in [0.25, 0.3) is 0 Å². The van der Waals surface area contributed by atoms with Crippen molar-refractivity contribution in [3.05, 3.63) is 23.5 Å². The van der Waals surface area contributed by atoms with Gasteiger partial charge in [0.05, 0.1) is 0 Å². The van der Waals surface area contributed by atoms with E-state index in [9.17, 15) is 0 Å². The minimum atomic E-state index is 1.26. The van der Waals surface area contributed by atoms with Crippen molar-refractivity contribution < 1.29 is 0 Å². The molecule has 21 heavy (non-hydrogen) atoms. The summed E-state index contributed by atoms with van der Waals surface area (Å²) in [7, 11) is 0. The van der Waals surface area contributed by atoms with Crippen LogP contribution in [0.4, 0.5) is 0 Å². The van der Waals surface area contributed by atoms with E-state index in [0.717, 1.165) is 0 Å². The molecule has 1 N–H and O–H groups in total. The molecule has 0 aromatic rings. The Bertz CT molecular complexity index is 295. The van der Waals surface area contributed by atoms with Gasteiger partial charge in [-0.25, -0.2) is 0 Å². The maximum absolute atomic E-state index is 3.81. The van der Waals surface area contributed by atoms with Gasteiger partial charge in [0.15, 0.2) is 0 Å². The lowest BCUT2D eigenvalue weighted by Gasteiger charge is -2.17. The molecule has 1 nitrogen and oxygen atoms in total. The lowest BCUT2D eigenvalue weighted by Crippen LogP contribution is -2.14. The molecule has 1 heteroatoms. The van der Waals surface area contributed by atoms with Gasteiger partial charge in [-0.1, -0.05) is 63.5 Å². The molecule has 0 heterocycles. The van der Waals surface area contributed by atoms with E-state index in [1.54, 1.807) is 0 Å². The second kappa shape index (κ2) is 10.9. The summed E-state index contributed by atoms with van der Waals surface area (Å²) in [4.78, 5) is 0. The van der Waals surface area contributed by atoms with Crippen LogP contribution in [0, 0.1) is 0 Å². The highest BCUT2D eigenvalue weighted by Gasteiger charge is 2.05. The van der Waals surface area contributed by atoms with Crippen LogP contribution < -0.4 is 5.32 Å². The van der Waals surface area contributed by atoms with Crippen LogP contribution in [-0.4, -0.2) is 0 Å². The smallest absolute Gasteiger partial charge is 0.0108 e. The Labute approximate surface area is 132 Å². The van der Waals surface area contributed by atoms with Crippen LogP contribution in [-0.2, 0) is 0 Å². The third-order valence-electron chi connectivity index (χ3n) is 4.90. The van der Waals surface area contributed by atoms with Gasteiger partial charge in [0, 0.05) is 11.4 Å². The maximum Gasteiger partial charge on any atom is 0.0108 e. The van der Waals surface area contributed by atoms with Crippen molar-refractivity contribution >= 4 is 0 Å². The first-order valence-corrected chi connectivity index (χ1v) is 9.60. The quantitative estimate of drug-likeness (QED) is 0.603. The summed E-state index contributed by atoms with van der Waals surface area (Å²) in [6, 6.07) is 0. The summed E-state index contributed by atoms with van der Waals surface area (Å²) in [6.07, 6.45) is 27.0. The largest absolute Gasteiger partial charge is 0.363 e. The molecule has 0 aromatic heterocycles. The summed E-state index contributed by atoms with van der Waals surface area (Å²) in [5.41, 5.74) is 3.03. The van der Waals surface area contributed by atoms with E-state index in [4.69, 9.17) is 0 Å². The maximum atomic E-state index is 3.81. The normalized spacial score (nSPS) is 23.6. The Morgan fingerprint density at radius 1 is 0.476 bits per heavy atom. The van der Waals surface area contributed by atoms with Crippen molar-refractivity contribution in [1.29, 1.82) is 0 Å². The van der Waals surface area contributed by atoms with Gasteiger partial charge in [0.2, 0.25) is 0 Å². The van der Waals surface area contributed by atoms with E-state index in [0.29, 0.717) is 0 Å². The highest BCUT2D eigenvalue weighted by Crippen LogP contribution is 2.19. The summed E-state index contributed by atoms with van der Waals surface area (Å²) in [5, 5.41) is 3.81. The summed E-state index contributed by atoms with van der Waals surface area (Å²) < 4.78 is 0. The molecule has 0 spiro atoms. The number of rotatable bonds is 2. The molecule has 0 saturated carbocycles. The number of allylic oxidation sites excluding steroid dienone is 4. The van der Waals surface area contributed by atoms with E-state index < -0.39 is 0 Å². The van der Waals surface area contributed by atoms with Crippen LogP contribution in [0.2, 0.25) is 0 Å². The Kier molecular flexibility index (Phi) is 8.66. The Hall–Kier alpha value is -0.720. The van der Waals surface area contributed by atoms with Crippen molar-refractivity contribution in [3.8, 4) is 0 Å². The van der Waals surface area contributed by atoms with Gasteiger partial charge in [-0.05, 0) is 51.4 Å². The zero-order valence-electron chi connectivity index (χ0n) is 14.0. The molecule has 0 unspecified atom stereocenters. The minimum Gasteiger partial charge on any atom is -0.363 e. The molecule has 0 aromatic carbocycles. The van der Waals surface area contributed by atoms with Gasteiger partial charge in [0.1, 0.15) is 0 Å². The molecule has 0 atom stereocenters. The minimum absolute atomic E-state index is 1.26. The molecule has 0 radical (unpaired) electrons. The number of hydrogen-bond acceptors (Lipinski definition) is 1. The Morgan fingerprint density at radius 2 is 0.857 bits per heavy atom. The summed E-state index contributed by atoms with van der Waals surface area (Å²) in [6.45, 7) is 0. The Morgan fingerprint density at radius 3 is 1.33 bits per heavy atom. The van der Waals surface area contributed by atoms with Gasteiger partial charge in [-0.3, -0.25) is 0 Å². The topological polar surface area (TPSA) is 12.0 Å². The summed E-state index contributed by atoms with van der Waals surface area (Å²) in [5.74, 6) is 0. The van der Waals surface area contributed by atoms with E-state index in [-0.39, 0.29) is 0 Å². The average Bonchev–Trinajstić information content (AvgIpc) is 2.52. The fourth-order valence-electron chi connectivity index (χ4n) is 3.52. The first kappa shape index (κ1) is 16.6. The van der Waals surface area contributed by atoms with Crippen molar-refractivity contribution in [2.45, 2.75) is 103 Å². The predicted molar refractivity (Wildman–Crippen MR) is 93.2 cm³/mol. The zero-order valence-corrected chi connectivity index (χ0v) is 14.0. The molecule has 0 bridgehead atoms. The lowest BCUT2D eigenvalue weighted by atomic mass is 10.0. The van der Waals surface area contributed by atoms with Crippen molar-refractivity contribution in [3.63, 3.8) is 0 Å². The first-order valence-electron chi connectivity index (χ1n) is 9.60. The monoisotopic (exact) mass is 289 g/mol. The van der Waals surface area contributed by atoms with Crippen molar-refractivity contribution in [2.24, 2.45) is 0 Å². The van der Waals surface area contributed by atoms with Crippen LogP contribution >= 0.6 is 0 Å². The van der Waals surface area contributed by atoms with Gasteiger partial charge >= 0.3 is 0 Å². The predicted octanol–water partition coefficient (Wildman–Crippen LogP) is 6.61. The van der Waals surface area contributed by atoms with Crippen molar-refractivity contribution in [1.82, 2.24) is 5.32 Å². The molecular formula is C20H35N. The molecule has 0 amide bonds. The molecule has 2 aliphatic rings. The van der Waals surface area contributed by atoms with Gasteiger partial charge in [-0.15, -0.1) is 0 Å². The second-order valence-electron chi connectivity index (χ2n) is 6.90. The highest BCUT2D eigenvalue weighted by molar-refractivity contribution is 5.12. The van der Waals surface area contributed by atoms with Crippen LogP contribution in [0.5, 0.6) is 0 Å². The molecule has 2 aliphatic carbocycles. The number of nitrogens with one attached hydrogen (secondary N) is 1. The van der Waals surface area contributed by atoms with Gasteiger partial charge < -0.3 is 5.32 Å². The molecule has 2 rings (SSSR count). The third-order valence-corrected chi connectivity index (χ3v) is 4.90. The average molecular weight is 290 g/mol. The van der Waals surface area contributed by atoms with Crippen LogP contribution in [0.3, 0.4) is 0 Å². The third kappa shape index (κ3) is 7.74. The molecule has 120 valence electrons. The van der Waals surface area contributed by atoms with E-state index >= 15 is 0 Å². The standard InChI is InChI=1S/C20H35N/c1-3-7-11-15-19(16-12-8-4-1)21-20-17-13-9-5-2-6-10-14-18-20/h15,17,21H,1-14,16,18H2. The molecule has 0 saturated heterocycles. The van der Waals surface area contributed by atoms with E-state index in [1.165, 1.54) is 114 Å². The molecular weight excluding hydrogens is 254 g/mol. The van der Waals surface area contributed by atoms with Crippen molar-refractivity contribution in [2.75, 3.05) is 0 Å². The van der Waals surface area contributed by atoms with E-state index in [1.807, 2.05) is 0 Å². The number of hydrogen-bond donors (Lipinski definition) is 1. The SMILES string of the molecule is C1=C(NC2=CCCCCCCCC2)CCCCCCCC1. The fraction of sp³-hybridized carbons (Fsp3) is 0.800. The fourth-order valence-corrected chi connectivity index (χ4v) is 3.52. The van der Waals surface area contributed by atoms with Crippen LogP contribution in [0.1, 0.15) is 103 Å². The molecule has 0 aliphatic heterocycles. The Balaban J connectivity index is 1.87. The first-order chi connectivity index (χ1) is 10.4. The second-order valence-corrected chi connectivity index (χ2v) is 6.90. The van der Waals surface area contributed by atoms with Crippen LogP contribution in [0.15, 0.2) is 23.5 Å². The lowest BCUT2D eigenvalue weighted by molar-refractivity contribution is 0.564. The highest BCUT2D eigenvalue weighted by atomic mass is 14.9. The van der Waals surface area contributed by atoms with Gasteiger partial charge in [-0.2, -0.15) is 0 Å². The summed E-state index contributed by atoms with van der Waals surface area (Å²) >= 11 is 0.